The molecule has 2 aliphatic rings. The third kappa shape index (κ3) is 6.79. The smallest absolute Gasteiger partial charge is 0.416 e. The van der Waals surface area contributed by atoms with Crippen LogP contribution in [0.1, 0.15) is 58.6 Å². The van der Waals surface area contributed by atoms with Gasteiger partial charge in [0.2, 0.25) is 0 Å². The molecule has 2 fully saturated rings. The molecule has 2 unspecified atom stereocenters. The van der Waals surface area contributed by atoms with Gasteiger partial charge in [0, 0.05) is 18.3 Å². The van der Waals surface area contributed by atoms with Gasteiger partial charge in [-0.05, 0) is 92.1 Å². The molecule has 1 heterocycles. The molecule has 41 heavy (non-hydrogen) atoms. The van der Waals surface area contributed by atoms with E-state index in [1.54, 1.807) is 6.92 Å². The molecule has 1 aliphatic carbocycles. The molecule has 6 nitrogen and oxygen atoms in total. The van der Waals surface area contributed by atoms with Crippen LogP contribution < -0.4 is 20.5 Å². The minimum Gasteiger partial charge on any atom is -0.485 e. The van der Waals surface area contributed by atoms with Crippen molar-refractivity contribution in [1.29, 1.82) is 0 Å². The molecule has 1 saturated heterocycles. The fraction of sp³-hybridized carbons (Fsp3) is 0.367. The molecule has 3 N–H and O–H groups in total. The quantitative estimate of drug-likeness (QED) is 0.280. The SMILES string of the molecule is Cc1cc(F)ccc1Oc1cc(C2CC2)c(C(F)(F)F)cc1C(=O)Nc1ccc(F)c(OC2CCC(CN)OC2)c1. The predicted octanol–water partition coefficient (Wildman–Crippen LogP) is 7.10. The van der Waals surface area contributed by atoms with Gasteiger partial charge in [-0.2, -0.15) is 13.2 Å². The Hall–Kier alpha value is -3.70. The fourth-order valence-electron chi connectivity index (χ4n) is 4.79. The number of ether oxygens (including phenoxy) is 3. The van der Waals surface area contributed by atoms with Crippen molar-refractivity contribution in [3.05, 3.63) is 82.4 Å². The van der Waals surface area contributed by atoms with E-state index < -0.39 is 35.4 Å². The van der Waals surface area contributed by atoms with Crippen LogP contribution in [-0.2, 0) is 10.9 Å². The van der Waals surface area contributed by atoms with Gasteiger partial charge < -0.3 is 25.3 Å². The first-order valence-corrected chi connectivity index (χ1v) is 13.3. The van der Waals surface area contributed by atoms with Crippen LogP contribution in [0.25, 0.3) is 0 Å². The van der Waals surface area contributed by atoms with Crippen molar-refractivity contribution in [1.82, 2.24) is 0 Å². The molecule has 0 bridgehead atoms. The molecule has 3 aromatic rings. The van der Waals surface area contributed by atoms with Crippen LogP contribution in [0.15, 0.2) is 48.5 Å². The Morgan fingerprint density at radius 1 is 1.00 bits per heavy atom. The van der Waals surface area contributed by atoms with Crippen molar-refractivity contribution in [3.8, 4) is 17.2 Å². The Balaban J connectivity index is 1.44. The number of amides is 1. The Bertz CT molecular complexity index is 1430. The summed E-state index contributed by atoms with van der Waals surface area (Å²) >= 11 is 0. The summed E-state index contributed by atoms with van der Waals surface area (Å²) in [5, 5.41) is 2.53. The average molecular weight is 577 g/mol. The Morgan fingerprint density at radius 2 is 1.78 bits per heavy atom. The zero-order valence-corrected chi connectivity index (χ0v) is 22.2. The Labute approximate surface area is 233 Å². The number of hydrogen-bond donors (Lipinski definition) is 2. The molecule has 5 rings (SSSR count). The van der Waals surface area contributed by atoms with Crippen LogP contribution in [0.3, 0.4) is 0 Å². The summed E-state index contributed by atoms with van der Waals surface area (Å²) in [7, 11) is 0. The monoisotopic (exact) mass is 576 g/mol. The van der Waals surface area contributed by atoms with Crippen molar-refractivity contribution in [2.75, 3.05) is 18.5 Å². The predicted molar refractivity (Wildman–Crippen MR) is 141 cm³/mol. The largest absolute Gasteiger partial charge is 0.485 e. The van der Waals surface area contributed by atoms with Gasteiger partial charge in [-0.15, -0.1) is 0 Å². The highest BCUT2D eigenvalue weighted by molar-refractivity contribution is 6.06. The minimum atomic E-state index is -4.71. The number of halogens is 5. The van der Waals surface area contributed by atoms with Gasteiger partial charge in [0.25, 0.3) is 5.91 Å². The van der Waals surface area contributed by atoms with E-state index in [0.717, 1.165) is 18.2 Å². The zero-order chi connectivity index (χ0) is 29.3. The first-order valence-electron chi connectivity index (χ1n) is 13.3. The molecule has 1 aliphatic heterocycles. The summed E-state index contributed by atoms with van der Waals surface area (Å²) < 4.78 is 87.6. The number of alkyl halides is 3. The van der Waals surface area contributed by atoms with E-state index in [1.165, 1.54) is 30.3 Å². The lowest BCUT2D eigenvalue weighted by atomic mass is 9.98. The third-order valence-electron chi connectivity index (χ3n) is 7.15. The van der Waals surface area contributed by atoms with Gasteiger partial charge >= 0.3 is 6.18 Å². The number of carbonyl (C=O) groups excluding carboxylic acids is 1. The lowest BCUT2D eigenvalue weighted by Gasteiger charge is -2.28. The van der Waals surface area contributed by atoms with E-state index in [2.05, 4.69) is 5.32 Å². The normalized spacial score (nSPS) is 19.1. The number of anilines is 1. The Kier molecular flexibility index (Phi) is 8.19. The summed E-state index contributed by atoms with van der Waals surface area (Å²) in [6.45, 7) is 2.17. The maximum atomic E-state index is 14.5. The highest BCUT2D eigenvalue weighted by Crippen LogP contribution is 2.48. The van der Waals surface area contributed by atoms with Gasteiger partial charge in [-0.3, -0.25) is 4.79 Å². The molecule has 2 atom stereocenters. The van der Waals surface area contributed by atoms with Gasteiger partial charge in [0.15, 0.2) is 11.6 Å². The van der Waals surface area contributed by atoms with Gasteiger partial charge in [0.1, 0.15) is 23.4 Å². The van der Waals surface area contributed by atoms with Crippen molar-refractivity contribution < 1.29 is 41.0 Å². The van der Waals surface area contributed by atoms with E-state index in [9.17, 15) is 26.7 Å². The fourth-order valence-corrected chi connectivity index (χ4v) is 4.79. The second-order valence-corrected chi connectivity index (χ2v) is 10.3. The van der Waals surface area contributed by atoms with E-state index in [-0.39, 0.29) is 52.7 Å². The second-order valence-electron chi connectivity index (χ2n) is 10.3. The lowest BCUT2D eigenvalue weighted by molar-refractivity contribution is -0.138. The van der Waals surface area contributed by atoms with Crippen LogP contribution in [0.4, 0.5) is 27.6 Å². The molecular weight excluding hydrogens is 547 g/mol. The van der Waals surface area contributed by atoms with E-state index in [4.69, 9.17) is 19.9 Å². The van der Waals surface area contributed by atoms with Crippen molar-refractivity contribution in [2.45, 2.75) is 56.9 Å². The topological polar surface area (TPSA) is 82.8 Å². The van der Waals surface area contributed by atoms with Gasteiger partial charge in [-0.25, -0.2) is 8.78 Å². The minimum absolute atomic E-state index is 0.0351. The average Bonchev–Trinajstić information content (AvgIpc) is 3.77. The molecule has 11 heteroatoms. The molecule has 1 saturated carbocycles. The van der Waals surface area contributed by atoms with Crippen molar-refractivity contribution >= 4 is 11.6 Å². The molecular formula is C30H29F5N2O4. The molecule has 0 aromatic heterocycles. The number of nitrogens with two attached hydrogens (primary N) is 1. The third-order valence-corrected chi connectivity index (χ3v) is 7.15. The van der Waals surface area contributed by atoms with Gasteiger partial charge in [-0.1, -0.05) is 0 Å². The number of carbonyl (C=O) groups is 1. The summed E-state index contributed by atoms with van der Waals surface area (Å²) in [5.41, 5.74) is 4.84. The standard InChI is InChI=1S/C30H29F5N2O4/c1-16-10-18(31)4-9-26(16)41-27-13-22(17-2-3-17)24(30(33,34)35)12-23(27)29(38)37-19-5-8-25(32)28(11-19)40-21-7-6-20(14-36)39-15-21/h4-5,8-13,17,20-21H,2-3,6-7,14-15,36H2,1H3,(H,37,38). The maximum absolute atomic E-state index is 14.5. The maximum Gasteiger partial charge on any atom is 0.416 e. The Morgan fingerprint density at radius 3 is 2.41 bits per heavy atom. The lowest BCUT2D eigenvalue weighted by Crippen LogP contribution is -2.37. The zero-order valence-electron chi connectivity index (χ0n) is 22.2. The highest BCUT2D eigenvalue weighted by atomic mass is 19.4. The van der Waals surface area contributed by atoms with Crippen molar-refractivity contribution in [2.24, 2.45) is 5.73 Å². The highest BCUT2D eigenvalue weighted by Gasteiger charge is 2.40. The van der Waals surface area contributed by atoms with Crippen LogP contribution in [0.5, 0.6) is 17.2 Å². The van der Waals surface area contributed by atoms with Crippen LogP contribution in [0, 0.1) is 18.6 Å². The van der Waals surface area contributed by atoms with Crippen LogP contribution in [-0.4, -0.2) is 31.3 Å². The molecule has 0 radical (unpaired) electrons. The molecule has 3 aromatic carbocycles. The number of rotatable bonds is 8. The van der Waals surface area contributed by atoms with Crippen LogP contribution in [0.2, 0.25) is 0 Å². The molecule has 0 spiro atoms. The summed E-state index contributed by atoms with van der Waals surface area (Å²) in [5.74, 6) is -2.45. The van der Waals surface area contributed by atoms with E-state index in [0.29, 0.717) is 37.8 Å². The summed E-state index contributed by atoms with van der Waals surface area (Å²) in [4.78, 5) is 13.4. The second kappa shape index (κ2) is 11.7. The molecule has 1 amide bonds. The number of nitrogens with one attached hydrogen (secondary N) is 1. The summed E-state index contributed by atoms with van der Waals surface area (Å²) in [6.07, 6.45) is -2.82. The first-order chi connectivity index (χ1) is 19.5. The van der Waals surface area contributed by atoms with Crippen LogP contribution >= 0.6 is 0 Å². The van der Waals surface area contributed by atoms with Gasteiger partial charge in [0.05, 0.1) is 23.8 Å². The van der Waals surface area contributed by atoms with E-state index >= 15 is 0 Å². The van der Waals surface area contributed by atoms with E-state index in [1.807, 2.05) is 0 Å². The van der Waals surface area contributed by atoms with Crippen molar-refractivity contribution in [3.63, 3.8) is 0 Å². The summed E-state index contributed by atoms with van der Waals surface area (Å²) in [6, 6.07) is 9.34. The number of aryl methyl sites for hydroxylation is 1. The number of benzene rings is 3. The number of hydrogen-bond acceptors (Lipinski definition) is 5. The molecule has 218 valence electrons. The first kappa shape index (κ1) is 28.8.